The van der Waals surface area contributed by atoms with E-state index in [9.17, 15) is 0 Å². The molecule has 0 aromatic carbocycles. The van der Waals surface area contributed by atoms with Gasteiger partial charge >= 0.3 is 0 Å². The van der Waals surface area contributed by atoms with E-state index < -0.39 is 0 Å². The van der Waals surface area contributed by atoms with Crippen LogP contribution in [0.2, 0.25) is 0 Å². The van der Waals surface area contributed by atoms with Crippen molar-refractivity contribution in [3.8, 4) is 0 Å². The zero-order valence-corrected chi connectivity index (χ0v) is 10.5. The molecule has 1 aliphatic rings. The zero-order chi connectivity index (χ0) is 9.80. The van der Waals surface area contributed by atoms with Gasteiger partial charge in [0, 0.05) is 17.5 Å². The molecule has 0 aliphatic carbocycles. The van der Waals surface area contributed by atoms with Crippen molar-refractivity contribution in [1.82, 2.24) is 10.6 Å². The van der Waals surface area contributed by atoms with Crippen LogP contribution in [0.3, 0.4) is 0 Å². The van der Waals surface area contributed by atoms with Gasteiger partial charge in [0.25, 0.3) is 0 Å². The fourth-order valence-corrected chi connectivity index (χ4v) is 3.15. The van der Waals surface area contributed by atoms with Crippen LogP contribution in [0, 0.1) is 0 Å². The molecule has 0 bridgehead atoms. The molecule has 2 heterocycles. The van der Waals surface area contributed by atoms with E-state index in [1.54, 1.807) is 0 Å². The van der Waals surface area contributed by atoms with Gasteiger partial charge in [0.1, 0.15) is 0 Å². The van der Waals surface area contributed by atoms with E-state index in [4.69, 9.17) is 0 Å². The van der Waals surface area contributed by atoms with E-state index in [-0.39, 0.29) is 0 Å². The maximum Gasteiger partial charge on any atom is 0.0701 e. The van der Waals surface area contributed by atoms with Crippen LogP contribution in [0.5, 0.6) is 0 Å². The van der Waals surface area contributed by atoms with Gasteiger partial charge in [-0.25, -0.2) is 0 Å². The largest absolute Gasteiger partial charge is 0.317 e. The third-order valence-corrected chi connectivity index (χ3v) is 4.16. The van der Waals surface area contributed by atoms with Gasteiger partial charge in [-0.15, -0.1) is 11.3 Å². The van der Waals surface area contributed by atoms with Crippen molar-refractivity contribution in [2.24, 2.45) is 0 Å². The Morgan fingerprint density at radius 1 is 1.43 bits per heavy atom. The van der Waals surface area contributed by atoms with Crippen LogP contribution in [-0.2, 0) is 6.54 Å². The minimum absolute atomic E-state index is 0.706. The average molecular weight is 275 g/mol. The van der Waals surface area contributed by atoms with Crippen molar-refractivity contribution in [2.75, 3.05) is 13.1 Å². The molecule has 1 aromatic rings. The Morgan fingerprint density at radius 3 is 2.86 bits per heavy atom. The molecule has 2 nitrogen and oxygen atoms in total. The molecule has 2 rings (SSSR count). The Morgan fingerprint density at radius 2 is 2.21 bits per heavy atom. The molecule has 2 N–H and O–H groups in total. The second-order valence-corrected chi connectivity index (χ2v) is 6.16. The van der Waals surface area contributed by atoms with Gasteiger partial charge < -0.3 is 10.6 Å². The Hall–Kier alpha value is 0.1000. The number of thiophene rings is 1. The first-order valence-electron chi connectivity index (χ1n) is 5.03. The molecule has 0 saturated carbocycles. The van der Waals surface area contributed by atoms with Crippen LogP contribution in [0.15, 0.2) is 15.9 Å². The highest BCUT2D eigenvalue weighted by Gasteiger charge is 2.11. The summed E-state index contributed by atoms with van der Waals surface area (Å²) in [7, 11) is 0. The SMILES string of the molecule is Brc1ccc(CNC2CCNCC2)s1. The van der Waals surface area contributed by atoms with E-state index in [0.717, 1.165) is 19.6 Å². The van der Waals surface area contributed by atoms with Crippen molar-refractivity contribution < 1.29 is 0 Å². The Bertz CT molecular complexity index is 281. The molecule has 0 atom stereocenters. The molecule has 0 radical (unpaired) electrons. The monoisotopic (exact) mass is 274 g/mol. The highest BCUT2D eigenvalue weighted by molar-refractivity contribution is 9.11. The predicted molar refractivity (Wildman–Crippen MR) is 64.8 cm³/mol. The van der Waals surface area contributed by atoms with Gasteiger partial charge in [-0.3, -0.25) is 0 Å². The smallest absolute Gasteiger partial charge is 0.0701 e. The van der Waals surface area contributed by atoms with Crippen LogP contribution in [0.1, 0.15) is 17.7 Å². The van der Waals surface area contributed by atoms with Crippen molar-refractivity contribution >= 4 is 27.3 Å². The van der Waals surface area contributed by atoms with E-state index in [0.29, 0.717) is 6.04 Å². The lowest BCUT2D eigenvalue weighted by atomic mass is 10.1. The molecule has 0 unspecified atom stereocenters. The number of halogens is 1. The molecule has 1 aliphatic heterocycles. The van der Waals surface area contributed by atoms with Crippen LogP contribution in [0.25, 0.3) is 0 Å². The number of nitrogens with one attached hydrogen (secondary N) is 2. The Balaban J connectivity index is 1.76. The molecule has 0 amide bonds. The van der Waals surface area contributed by atoms with Gasteiger partial charge in [-0.1, -0.05) is 0 Å². The maximum absolute atomic E-state index is 3.60. The highest BCUT2D eigenvalue weighted by atomic mass is 79.9. The summed E-state index contributed by atoms with van der Waals surface area (Å²) in [5.41, 5.74) is 0. The maximum atomic E-state index is 3.60. The first-order chi connectivity index (χ1) is 6.84. The first kappa shape index (κ1) is 10.6. The minimum Gasteiger partial charge on any atom is -0.317 e. The fraction of sp³-hybridized carbons (Fsp3) is 0.600. The molecule has 14 heavy (non-hydrogen) atoms. The predicted octanol–water partition coefficient (Wildman–Crippen LogP) is 2.35. The Kier molecular flexibility index (Phi) is 3.99. The molecule has 1 saturated heterocycles. The second-order valence-electron chi connectivity index (χ2n) is 3.61. The normalized spacial score (nSPS) is 18.6. The van der Waals surface area contributed by atoms with Gasteiger partial charge in [-0.2, -0.15) is 0 Å². The summed E-state index contributed by atoms with van der Waals surface area (Å²) >= 11 is 5.29. The third-order valence-electron chi connectivity index (χ3n) is 2.53. The van der Waals surface area contributed by atoms with Crippen LogP contribution in [0.4, 0.5) is 0 Å². The summed E-state index contributed by atoms with van der Waals surface area (Å²) in [5.74, 6) is 0. The van der Waals surface area contributed by atoms with Crippen molar-refractivity contribution in [3.63, 3.8) is 0 Å². The van der Waals surface area contributed by atoms with Crippen molar-refractivity contribution in [1.29, 1.82) is 0 Å². The summed E-state index contributed by atoms with van der Waals surface area (Å²) < 4.78 is 1.22. The quantitative estimate of drug-likeness (QED) is 0.885. The molecule has 4 heteroatoms. The van der Waals surface area contributed by atoms with Crippen molar-refractivity contribution in [2.45, 2.75) is 25.4 Å². The summed E-state index contributed by atoms with van der Waals surface area (Å²) in [5, 5.41) is 6.97. The summed E-state index contributed by atoms with van der Waals surface area (Å²) in [4.78, 5) is 1.41. The lowest BCUT2D eigenvalue weighted by Gasteiger charge is -2.23. The van der Waals surface area contributed by atoms with Crippen molar-refractivity contribution in [3.05, 3.63) is 20.8 Å². The fourth-order valence-electron chi connectivity index (χ4n) is 1.72. The summed E-state index contributed by atoms with van der Waals surface area (Å²) in [6.45, 7) is 3.33. The standard InChI is InChI=1S/C10H15BrN2S/c11-10-2-1-9(14-10)7-13-8-3-5-12-6-4-8/h1-2,8,12-13H,3-7H2. The lowest BCUT2D eigenvalue weighted by molar-refractivity contribution is 0.387. The minimum atomic E-state index is 0.706. The first-order valence-corrected chi connectivity index (χ1v) is 6.64. The van der Waals surface area contributed by atoms with Crippen LogP contribution < -0.4 is 10.6 Å². The molecular formula is C10H15BrN2S. The Labute approximate surface area is 97.2 Å². The lowest BCUT2D eigenvalue weighted by Crippen LogP contribution is -2.39. The van der Waals surface area contributed by atoms with Crippen LogP contribution in [-0.4, -0.2) is 19.1 Å². The topological polar surface area (TPSA) is 24.1 Å². The van der Waals surface area contributed by atoms with Gasteiger partial charge in [0.15, 0.2) is 0 Å². The molecule has 78 valence electrons. The number of rotatable bonds is 3. The number of hydrogen-bond donors (Lipinski definition) is 2. The van der Waals surface area contributed by atoms with E-state index in [1.807, 2.05) is 11.3 Å². The summed E-state index contributed by atoms with van der Waals surface area (Å²) in [6, 6.07) is 5.00. The summed E-state index contributed by atoms with van der Waals surface area (Å²) in [6.07, 6.45) is 2.51. The van der Waals surface area contributed by atoms with Gasteiger partial charge in [0.2, 0.25) is 0 Å². The van der Waals surface area contributed by atoms with E-state index in [1.165, 1.54) is 21.5 Å². The zero-order valence-electron chi connectivity index (χ0n) is 8.05. The van der Waals surface area contributed by atoms with Crippen LogP contribution >= 0.6 is 27.3 Å². The average Bonchev–Trinajstić information content (AvgIpc) is 2.63. The molecule has 1 fully saturated rings. The number of hydrogen-bond acceptors (Lipinski definition) is 3. The van der Waals surface area contributed by atoms with E-state index in [2.05, 4.69) is 38.7 Å². The van der Waals surface area contributed by atoms with Gasteiger partial charge in [-0.05, 0) is 54.0 Å². The molecule has 0 spiro atoms. The number of piperidine rings is 1. The molecule has 1 aromatic heterocycles. The third kappa shape index (κ3) is 3.05. The van der Waals surface area contributed by atoms with E-state index >= 15 is 0 Å². The highest BCUT2D eigenvalue weighted by Crippen LogP contribution is 2.22. The second kappa shape index (κ2) is 5.26. The van der Waals surface area contributed by atoms with Gasteiger partial charge in [0.05, 0.1) is 3.79 Å². The molecular weight excluding hydrogens is 260 g/mol.